The van der Waals surface area contributed by atoms with Crippen LogP contribution in [0.25, 0.3) is 0 Å². The Bertz CT molecular complexity index is 869. The molecule has 5 nitrogen and oxygen atoms in total. The van der Waals surface area contributed by atoms with Crippen LogP contribution in [0, 0.1) is 0 Å². The van der Waals surface area contributed by atoms with Crippen LogP contribution in [0.2, 0.25) is 0 Å². The molecular weight excluding hydrogens is 378 g/mol. The highest BCUT2D eigenvalue weighted by molar-refractivity contribution is 5.78. The van der Waals surface area contributed by atoms with Crippen molar-refractivity contribution >= 4 is 5.91 Å². The molecule has 0 aliphatic carbocycles. The third kappa shape index (κ3) is 6.43. The van der Waals surface area contributed by atoms with Crippen LogP contribution in [-0.4, -0.2) is 25.6 Å². The Morgan fingerprint density at radius 2 is 1.76 bits per heavy atom. The van der Waals surface area contributed by atoms with Gasteiger partial charge in [0, 0.05) is 6.54 Å². The summed E-state index contributed by atoms with van der Waals surface area (Å²) in [6.07, 6.45) is 2.19. The van der Waals surface area contributed by atoms with E-state index in [9.17, 15) is 13.6 Å². The number of carbonyl (C=O) groups excluding carboxylic acids is 1. The van der Waals surface area contributed by atoms with Gasteiger partial charge in [0.25, 0.3) is 0 Å². The van der Waals surface area contributed by atoms with Gasteiger partial charge >= 0.3 is 6.61 Å². The van der Waals surface area contributed by atoms with E-state index in [1.54, 1.807) is 18.4 Å². The van der Waals surface area contributed by atoms with Crippen molar-refractivity contribution in [3.8, 4) is 5.75 Å². The fraction of sp³-hybridized carbons (Fsp3) is 0.227. The first-order chi connectivity index (χ1) is 14.1. The minimum Gasteiger partial charge on any atom is -0.467 e. The third-order valence-corrected chi connectivity index (χ3v) is 4.31. The van der Waals surface area contributed by atoms with Gasteiger partial charge in [0.1, 0.15) is 11.5 Å². The molecule has 0 radical (unpaired) electrons. The van der Waals surface area contributed by atoms with Gasteiger partial charge in [-0.3, -0.25) is 10.1 Å². The molecular formula is C22H22F2N2O3. The number of benzene rings is 2. The van der Waals surface area contributed by atoms with E-state index < -0.39 is 6.61 Å². The number of nitrogens with one attached hydrogen (secondary N) is 2. The lowest BCUT2D eigenvalue weighted by Gasteiger charge is -2.17. The summed E-state index contributed by atoms with van der Waals surface area (Å²) < 4.78 is 34.1. The first kappa shape index (κ1) is 20.5. The van der Waals surface area contributed by atoms with Crippen LogP contribution >= 0.6 is 0 Å². The van der Waals surface area contributed by atoms with Crippen molar-refractivity contribution in [1.82, 2.24) is 10.6 Å². The van der Waals surface area contributed by atoms with E-state index in [1.807, 2.05) is 42.5 Å². The van der Waals surface area contributed by atoms with Crippen LogP contribution in [-0.2, 0) is 11.2 Å². The number of hydrogen-bond donors (Lipinski definition) is 2. The van der Waals surface area contributed by atoms with Crippen molar-refractivity contribution in [2.24, 2.45) is 0 Å². The standard InChI is InChI=1S/C22H22F2N2O3/c23-22(24)29-18-10-8-16(9-11-18)12-13-25-20(27)15-26-21(19-7-4-14-28-19)17-5-2-1-3-6-17/h1-11,14,21-22,26H,12-13,15H2,(H,25,27)/t21-/m1/s1. The highest BCUT2D eigenvalue weighted by Crippen LogP contribution is 2.22. The molecule has 0 saturated carbocycles. The van der Waals surface area contributed by atoms with E-state index in [-0.39, 0.29) is 24.2 Å². The largest absolute Gasteiger partial charge is 0.467 e. The molecule has 29 heavy (non-hydrogen) atoms. The fourth-order valence-corrected chi connectivity index (χ4v) is 2.92. The first-order valence-electron chi connectivity index (χ1n) is 9.24. The van der Waals surface area contributed by atoms with Gasteiger partial charge < -0.3 is 14.5 Å². The van der Waals surface area contributed by atoms with Gasteiger partial charge in [-0.2, -0.15) is 8.78 Å². The van der Waals surface area contributed by atoms with Gasteiger partial charge in [0.2, 0.25) is 5.91 Å². The Balaban J connectivity index is 1.46. The van der Waals surface area contributed by atoms with E-state index in [1.165, 1.54) is 12.1 Å². The molecule has 1 heterocycles. The van der Waals surface area contributed by atoms with Crippen molar-refractivity contribution in [2.45, 2.75) is 19.1 Å². The van der Waals surface area contributed by atoms with E-state index in [0.29, 0.717) is 13.0 Å². The Labute approximate surface area is 167 Å². The fourth-order valence-electron chi connectivity index (χ4n) is 2.92. The molecule has 0 saturated heterocycles. The average Bonchev–Trinajstić information content (AvgIpc) is 3.24. The molecule has 3 aromatic rings. The highest BCUT2D eigenvalue weighted by Gasteiger charge is 2.17. The first-order valence-corrected chi connectivity index (χ1v) is 9.24. The predicted octanol–water partition coefficient (Wildman–Crippen LogP) is 3.92. The highest BCUT2D eigenvalue weighted by atomic mass is 19.3. The van der Waals surface area contributed by atoms with E-state index in [2.05, 4.69) is 15.4 Å². The topological polar surface area (TPSA) is 63.5 Å². The zero-order valence-corrected chi connectivity index (χ0v) is 15.7. The summed E-state index contributed by atoms with van der Waals surface area (Å²) in [5, 5.41) is 6.07. The Morgan fingerprint density at radius 1 is 1.00 bits per heavy atom. The molecule has 152 valence electrons. The Morgan fingerprint density at radius 3 is 2.41 bits per heavy atom. The minimum absolute atomic E-state index is 0.113. The molecule has 1 aromatic heterocycles. The molecule has 0 bridgehead atoms. The van der Waals surface area contributed by atoms with Crippen molar-refractivity contribution in [3.63, 3.8) is 0 Å². The van der Waals surface area contributed by atoms with Gasteiger partial charge in [-0.25, -0.2) is 0 Å². The summed E-state index contributed by atoms with van der Waals surface area (Å²) in [5.74, 6) is 0.701. The van der Waals surface area contributed by atoms with E-state index in [4.69, 9.17) is 4.42 Å². The summed E-state index contributed by atoms with van der Waals surface area (Å²) in [7, 11) is 0. The van der Waals surface area contributed by atoms with Crippen molar-refractivity contribution in [2.75, 3.05) is 13.1 Å². The number of alkyl halides is 2. The summed E-state index contributed by atoms with van der Waals surface area (Å²) >= 11 is 0. The number of furan rings is 1. The van der Waals surface area contributed by atoms with Crippen molar-refractivity contribution in [3.05, 3.63) is 89.9 Å². The lowest BCUT2D eigenvalue weighted by molar-refractivity contribution is -0.120. The Kier molecular flexibility index (Phi) is 7.35. The monoisotopic (exact) mass is 400 g/mol. The summed E-state index contributed by atoms with van der Waals surface area (Å²) in [6, 6.07) is 19.6. The summed E-state index contributed by atoms with van der Waals surface area (Å²) in [4.78, 5) is 12.2. The molecule has 2 aromatic carbocycles. The SMILES string of the molecule is O=C(CN[C@H](c1ccccc1)c1ccco1)NCCc1ccc(OC(F)F)cc1. The second-order valence-electron chi connectivity index (χ2n) is 6.36. The van der Waals surface area contributed by atoms with Crippen LogP contribution in [0.1, 0.15) is 22.9 Å². The maximum Gasteiger partial charge on any atom is 0.387 e. The average molecular weight is 400 g/mol. The van der Waals surface area contributed by atoms with Gasteiger partial charge in [-0.1, -0.05) is 42.5 Å². The number of rotatable bonds is 10. The third-order valence-electron chi connectivity index (χ3n) is 4.31. The molecule has 0 unspecified atom stereocenters. The van der Waals surface area contributed by atoms with Crippen LogP contribution in [0.15, 0.2) is 77.4 Å². The maximum absolute atomic E-state index is 12.2. The van der Waals surface area contributed by atoms with Gasteiger partial charge in [0.15, 0.2) is 0 Å². The van der Waals surface area contributed by atoms with E-state index >= 15 is 0 Å². The zero-order chi connectivity index (χ0) is 20.5. The number of ether oxygens (including phenoxy) is 1. The number of amides is 1. The molecule has 0 aliphatic heterocycles. The molecule has 2 N–H and O–H groups in total. The normalized spacial score (nSPS) is 12.0. The van der Waals surface area contributed by atoms with E-state index in [0.717, 1.165) is 16.9 Å². The summed E-state index contributed by atoms with van der Waals surface area (Å²) in [6.45, 7) is -2.28. The van der Waals surface area contributed by atoms with Crippen molar-refractivity contribution in [1.29, 1.82) is 0 Å². The smallest absolute Gasteiger partial charge is 0.387 e. The van der Waals surface area contributed by atoms with Gasteiger partial charge in [-0.15, -0.1) is 0 Å². The zero-order valence-electron chi connectivity index (χ0n) is 15.7. The molecule has 1 atom stereocenters. The maximum atomic E-state index is 12.2. The van der Waals surface area contributed by atoms with Crippen molar-refractivity contribution < 1.29 is 22.7 Å². The Hall–Kier alpha value is -3.19. The number of halogens is 2. The molecule has 0 fully saturated rings. The second-order valence-corrected chi connectivity index (χ2v) is 6.36. The molecule has 0 spiro atoms. The molecule has 3 rings (SSSR count). The van der Waals surface area contributed by atoms with Crippen LogP contribution in [0.4, 0.5) is 8.78 Å². The molecule has 1 amide bonds. The number of hydrogen-bond acceptors (Lipinski definition) is 4. The minimum atomic E-state index is -2.84. The van der Waals surface area contributed by atoms with Crippen LogP contribution in [0.3, 0.4) is 0 Å². The molecule has 0 aliphatic rings. The predicted molar refractivity (Wildman–Crippen MR) is 105 cm³/mol. The number of carbonyl (C=O) groups is 1. The summed E-state index contributed by atoms with van der Waals surface area (Å²) in [5.41, 5.74) is 1.92. The lowest BCUT2D eigenvalue weighted by Crippen LogP contribution is -2.36. The van der Waals surface area contributed by atoms with Crippen LogP contribution < -0.4 is 15.4 Å². The quantitative estimate of drug-likeness (QED) is 0.542. The second kappa shape index (κ2) is 10.4. The van der Waals surface area contributed by atoms with Gasteiger partial charge in [0.05, 0.1) is 18.8 Å². The molecule has 7 heteroatoms. The van der Waals surface area contributed by atoms with Crippen LogP contribution in [0.5, 0.6) is 5.75 Å². The lowest BCUT2D eigenvalue weighted by atomic mass is 10.0. The van der Waals surface area contributed by atoms with Gasteiger partial charge in [-0.05, 0) is 41.8 Å².